The van der Waals surface area contributed by atoms with E-state index in [9.17, 15) is 18.0 Å². The normalized spacial score (nSPS) is 18.6. The Morgan fingerprint density at radius 3 is 2.56 bits per heavy atom. The van der Waals surface area contributed by atoms with Crippen molar-refractivity contribution in [3.05, 3.63) is 29.8 Å². The molecule has 2 aliphatic rings. The Bertz CT molecular complexity index is 752. The van der Waals surface area contributed by atoms with Crippen molar-refractivity contribution in [1.82, 2.24) is 9.62 Å². The van der Waals surface area contributed by atoms with Gasteiger partial charge in [0.25, 0.3) is 5.91 Å². The Labute approximate surface area is 147 Å². The van der Waals surface area contributed by atoms with Crippen LogP contribution in [0.1, 0.15) is 42.5 Å². The highest BCUT2D eigenvalue weighted by molar-refractivity contribution is 7.89. The molecular weight excluding hydrogens is 344 g/mol. The van der Waals surface area contributed by atoms with Gasteiger partial charge in [0.2, 0.25) is 10.0 Å². The van der Waals surface area contributed by atoms with Crippen molar-refractivity contribution in [2.45, 2.75) is 43.0 Å². The second-order valence-electron chi connectivity index (χ2n) is 6.41. The SMILES string of the molecule is O=C(COC(=O)c1cccc(S(=O)(=O)N2CCCCC2)c1)NC1CC1. The summed E-state index contributed by atoms with van der Waals surface area (Å²) in [5, 5.41) is 2.72. The molecule has 1 N–H and O–H groups in total. The molecule has 1 saturated heterocycles. The van der Waals surface area contributed by atoms with Crippen molar-refractivity contribution in [2.75, 3.05) is 19.7 Å². The van der Waals surface area contributed by atoms with E-state index in [0.29, 0.717) is 13.1 Å². The third kappa shape index (κ3) is 4.58. The largest absolute Gasteiger partial charge is 0.452 e. The van der Waals surface area contributed by atoms with E-state index < -0.39 is 16.0 Å². The van der Waals surface area contributed by atoms with E-state index >= 15 is 0 Å². The average Bonchev–Trinajstić information content (AvgIpc) is 3.44. The van der Waals surface area contributed by atoms with Crippen molar-refractivity contribution in [3.63, 3.8) is 0 Å². The number of amides is 1. The van der Waals surface area contributed by atoms with Gasteiger partial charge in [0.15, 0.2) is 6.61 Å². The number of esters is 1. The Kier molecular flexibility index (Phi) is 5.39. The van der Waals surface area contributed by atoms with Gasteiger partial charge in [-0.1, -0.05) is 12.5 Å². The van der Waals surface area contributed by atoms with Gasteiger partial charge in [-0.2, -0.15) is 4.31 Å². The van der Waals surface area contributed by atoms with Crippen molar-refractivity contribution in [1.29, 1.82) is 0 Å². The first-order chi connectivity index (χ1) is 12.0. The molecule has 8 heteroatoms. The van der Waals surface area contributed by atoms with Crippen LogP contribution in [0.15, 0.2) is 29.2 Å². The molecule has 1 saturated carbocycles. The lowest BCUT2D eigenvalue weighted by molar-refractivity contribution is -0.124. The molecule has 0 atom stereocenters. The summed E-state index contributed by atoms with van der Waals surface area (Å²) in [7, 11) is -3.61. The quantitative estimate of drug-likeness (QED) is 0.766. The number of rotatable bonds is 6. The molecule has 2 fully saturated rings. The van der Waals surface area contributed by atoms with E-state index in [2.05, 4.69) is 5.32 Å². The van der Waals surface area contributed by atoms with E-state index in [-0.39, 0.29) is 29.0 Å². The first-order valence-corrected chi connectivity index (χ1v) is 9.97. The second-order valence-corrected chi connectivity index (χ2v) is 8.35. The number of hydrogen-bond acceptors (Lipinski definition) is 5. The lowest BCUT2D eigenvalue weighted by Crippen LogP contribution is -2.35. The van der Waals surface area contributed by atoms with Crippen LogP contribution in [0.2, 0.25) is 0 Å². The first kappa shape index (κ1) is 17.9. The second kappa shape index (κ2) is 7.53. The Balaban J connectivity index is 1.65. The van der Waals surface area contributed by atoms with Crippen LogP contribution < -0.4 is 5.32 Å². The summed E-state index contributed by atoms with van der Waals surface area (Å²) in [6.45, 7) is 0.634. The molecule has 1 aliphatic heterocycles. The molecule has 0 aromatic heterocycles. The number of ether oxygens (including phenoxy) is 1. The summed E-state index contributed by atoms with van der Waals surface area (Å²) >= 11 is 0. The van der Waals surface area contributed by atoms with Gasteiger partial charge >= 0.3 is 5.97 Å². The van der Waals surface area contributed by atoms with Crippen LogP contribution in [0.5, 0.6) is 0 Å². The summed E-state index contributed by atoms with van der Waals surface area (Å²) in [5.41, 5.74) is 0.123. The van der Waals surface area contributed by atoms with Crippen LogP contribution in [0.4, 0.5) is 0 Å². The fourth-order valence-electron chi connectivity index (χ4n) is 2.75. The molecule has 0 bridgehead atoms. The molecule has 1 amide bonds. The van der Waals surface area contributed by atoms with Crippen molar-refractivity contribution in [2.24, 2.45) is 0 Å². The van der Waals surface area contributed by atoms with Gasteiger partial charge in [-0.3, -0.25) is 4.79 Å². The summed E-state index contributed by atoms with van der Waals surface area (Å²) in [6.07, 6.45) is 4.63. The maximum atomic E-state index is 12.7. The van der Waals surface area contributed by atoms with E-state index in [1.165, 1.54) is 28.6 Å². The number of carbonyl (C=O) groups is 2. The number of hydrogen-bond donors (Lipinski definition) is 1. The third-order valence-electron chi connectivity index (χ3n) is 4.30. The van der Waals surface area contributed by atoms with Gasteiger partial charge < -0.3 is 10.1 Å². The average molecular weight is 366 g/mol. The monoisotopic (exact) mass is 366 g/mol. The number of sulfonamides is 1. The summed E-state index contributed by atoms with van der Waals surface area (Å²) in [5.74, 6) is -1.05. The highest BCUT2D eigenvalue weighted by Crippen LogP contribution is 2.21. The Hall–Kier alpha value is -1.93. The van der Waals surface area contributed by atoms with Crippen LogP contribution >= 0.6 is 0 Å². The Morgan fingerprint density at radius 2 is 1.88 bits per heavy atom. The smallest absolute Gasteiger partial charge is 0.338 e. The van der Waals surface area contributed by atoms with Crippen LogP contribution in [-0.4, -0.2) is 50.3 Å². The minimum atomic E-state index is -3.61. The fourth-order valence-corrected chi connectivity index (χ4v) is 4.31. The maximum absolute atomic E-state index is 12.7. The summed E-state index contributed by atoms with van der Waals surface area (Å²) < 4.78 is 31.8. The molecule has 0 unspecified atom stereocenters. The highest BCUT2D eigenvalue weighted by Gasteiger charge is 2.27. The predicted molar refractivity (Wildman–Crippen MR) is 90.5 cm³/mol. The van der Waals surface area contributed by atoms with Gasteiger partial charge in [-0.05, 0) is 43.9 Å². The fraction of sp³-hybridized carbons (Fsp3) is 0.529. The topological polar surface area (TPSA) is 92.8 Å². The molecule has 25 heavy (non-hydrogen) atoms. The minimum absolute atomic E-state index is 0.0753. The van der Waals surface area contributed by atoms with Gasteiger partial charge in [-0.15, -0.1) is 0 Å². The van der Waals surface area contributed by atoms with Gasteiger partial charge in [0.1, 0.15) is 0 Å². The highest BCUT2D eigenvalue weighted by atomic mass is 32.2. The standard InChI is InChI=1S/C17H22N2O5S/c20-16(18-14-7-8-14)12-24-17(21)13-5-4-6-15(11-13)25(22,23)19-9-2-1-3-10-19/h4-6,11,14H,1-3,7-10,12H2,(H,18,20). The van der Waals surface area contributed by atoms with Gasteiger partial charge in [0.05, 0.1) is 10.5 Å². The molecule has 0 spiro atoms. The van der Waals surface area contributed by atoms with E-state index in [1.807, 2.05) is 0 Å². The molecule has 136 valence electrons. The van der Waals surface area contributed by atoms with Gasteiger partial charge in [-0.25, -0.2) is 13.2 Å². The van der Waals surface area contributed by atoms with Crippen molar-refractivity contribution < 1.29 is 22.7 Å². The number of nitrogens with one attached hydrogen (secondary N) is 1. The first-order valence-electron chi connectivity index (χ1n) is 8.53. The zero-order valence-corrected chi connectivity index (χ0v) is 14.8. The molecular formula is C17H22N2O5S. The zero-order chi connectivity index (χ0) is 17.9. The van der Waals surface area contributed by atoms with E-state index in [1.54, 1.807) is 0 Å². The van der Waals surface area contributed by atoms with Crippen LogP contribution in [-0.2, 0) is 19.6 Å². The lowest BCUT2D eigenvalue weighted by atomic mass is 10.2. The number of carbonyl (C=O) groups excluding carboxylic acids is 2. The van der Waals surface area contributed by atoms with Crippen molar-refractivity contribution >= 4 is 21.9 Å². The third-order valence-corrected chi connectivity index (χ3v) is 6.19. The Morgan fingerprint density at radius 1 is 1.16 bits per heavy atom. The number of nitrogens with zero attached hydrogens (tertiary/aromatic N) is 1. The predicted octanol–water partition coefficient (Wildman–Crippen LogP) is 1.30. The molecule has 1 heterocycles. The minimum Gasteiger partial charge on any atom is -0.452 e. The molecule has 1 aromatic carbocycles. The molecule has 3 rings (SSSR count). The van der Waals surface area contributed by atoms with E-state index in [4.69, 9.17) is 4.74 Å². The maximum Gasteiger partial charge on any atom is 0.338 e. The van der Waals surface area contributed by atoms with Crippen molar-refractivity contribution in [3.8, 4) is 0 Å². The number of piperidine rings is 1. The van der Waals surface area contributed by atoms with Crippen LogP contribution in [0.25, 0.3) is 0 Å². The summed E-state index contributed by atoms with van der Waals surface area (Å²) in [4.78, 5) is 23.7. The number of benzene rings is 1. The molecule has 1 aromatic rings. The summed E-state index contributed by atoms with van der Waals surface area (Å²) in [6, 6.07) is 5.98. The molecule has 1 aliphatic carbocycles. The molecule has 7 nitrogen and oxygen atoms in total. The molecule has 0 radical (unpaired) electrons. The van der Waals surface area contributed by atoms with Crippen LogP contribution in [0.3, 0.4) is 0 Å². The van der Waals surface area contributed by atoms with Crippen LogP contribution in [0, 0.1) is 0 Å². The zero-order valence-electron chi connectivity index (χ0n) is 13.9. The van der Waals surface area contributed by atoms with E-state index in [0.717, 1.165) is 32.1 Å². The lowest BCUT2D eigenvalue weighted by Gasteiger charge is -2.25. The van der Waals surface area contributed by atoms with Gasteiger partial charge in [0, 0.05) is 19.1 Å².